The molecule has 0 aromatic heterocycles. The quantitative estimate of drug-likeness (QED) is 0.183. The number of carbonyl (C=O) groups excluding carboxylic acids is 2. The number of sulfonamides is 1. The predicted octanol–water partition coefficient (Wildman–Crippen LogP) is 6.55. The number of aryl methyl sites for hydroxylation is 1. The van der Waals surface area contributed by atoms with E-state index in [9.17, 15) is 18.0 Å². The molecule has 4 aromatic rings. The fraction of sp³-hybridized carbons (Fsp3) is 0.278. The van der Waals surface area contributed by atoms with Crippen molar-refractivity contribution < 1.29 is 27.1 Å². The predicted molar refractivity (Wildman–Crippen MR) is 182 cm³/mol. The molecule has 47 heavy (non-hydrogen) atoms. The number of hydrogen-bond acceptors (Lipinski definition) is 5. The summed E-state index contributed by atoms with van der Waals surface area (Å²) in [5.41, 5.74) is 1.24. The molecule has 0 bridgehead atoms. The maximum absolute atomic E-state index is 15.1. The summed E-state index contributed by atoms with van der Waals surface area (Å²) in [6.07, 6.45) is 0.0992. The average molecular weight is 680 g/mol. The highest BCUT2D eigenvalue weighted by Gasteiger charge is 2.36. The molecule has 0 radical (unpaired) electrons. The first-order valence-electron chi connectivity index (χ1n) is 15.0. The summed E-state index contributed by atoms with van der Waals surface area (Å²) in [7, 11) is -2.91. The summed E-state index contributed by atoms with van der Waals surface area (Å²) >= 11 is 6.42. The van der Waals surface area contributed by atoms with Gasteiger partial charge in [-0.3, -0.25) is 13.9 Å². The lowest BCUT2D eigenvalue weighted by molar-refractivity contribution is -0.140. The summed E-state index contributed by atoms with van der Waals surface area (Å²) in [6, 6.07) is 24.6. The van der Waals surface area contributed by atoms with Crippen LogP contribution < -0.4 is 14.4 Å². The number of nitrogens with zero attached hydrogens (tertiary/aromatic N) is 2. The number of amides is 2. The van der Waals surface area contributed by atoms with Gasteiger partial charge in [-0.05, 0) is 69.7 Å². The molecule has 0 aliphatic rings. The van der Waals surface area contributed by atoms with Crippen LogP contribution in [0.3, 0.4) is 0 Å². The van der Waals surface area contributed by atoms with E-state index < -0.39 is 45.8 Å². The number of hydrogen-bond donors (Lipinski definition) is 1. The molecule has 0 spiro atoms. The minimum Gasteiger partial charge on any atom is -0.495 e. The number of nitrogens with one attached hydrogen (secondary N) is 1. The number of benzene rings is 4. The molecule has 1 N–H and O–H groups in total. The number of rotatable bonds is 12. The first kappa shape index (κ1) is 35.4. The van der Waals surface area contributed by atoms with E-state index in [0.29, 0.717) is 5.75 Å². The van der Waals surface area contributed by atoms with Crippen molar-refractivity contribution in [3.63, 3.8) is 0 Å². The highest BCUT2D eigenvalue weighted by Crippen LogP contribution is 2.32. The largest absolute Gasteiger partial charge is 0.495 e. The van der Waals surface area contributed by atoms with Crippen molar-refractivity contribution in [2.75, 3.05) is 18.0 Å². The van der Waals surface area contributed by atoms with E-state index in [1.165, 1.54) is 60.5 Å². The zero-order valence-electron chi connectivity index (χ0n) is 27.0. The zero-order chi connectivity index (χ0) is 34.4. The normalized spacial score (nSPS) is 12.2. The standard InChI is InChI=1S/C36H39ClFN3O5S/c1-25-15-18-29(19-16-25)47(44,45)41(28-17-20-33(46-5)30(37)22-28)24-34(42)40(23-27-13-9-10-14-31(27)38)32(35(43)39-36(2,3)4)21-26-11-7-6-8-12-26/h6-20,22,32H,21,23-24H2,1-5H3,(H,39,43). The maximum atomic E-state index is 15.1. The summed E-state index contributed by atoms with van der Waals surface area (Å²) < 4.78 is 49.7. The second kappa shape index (κ2) is 15.0. The van der Waals surface area contributed by atoms with Crippen LogP contribution in [0.5, 0.6) is 5.75 Å². The minimum atomic E-state index is -4.34. The van der Waals surface area contributed by atoms with Crippen molar-refractivity contribution in [2.24, 2.45) is 0 Å². The van der Waals surface area contributed by atoms with Crippen LogP contribution in [0, 0.1) is 12.7 Å². The van der Waals surface area contributed by atoms with E-state index in [1.54, 1.807) is 18.2 Å². The monoisotopic (exact) mass is 679 g/mol. The Labute approximate surface area is 281 Å². The smallest absolute Gasteiger partial charge is 0.264 e. The second-order valence-electron chi connectivity index (χ2n) is 12.2. The lowest BCUT2D eigenvalue weighted by Crippen LogP contribution is -2.56. The van der Waals surface area contributed by atoms with Gasteiger partial charge in [0, 0.05) is 24.1 Å². The SMILES string of the molecule is COc1ccc(N(CC(=O)N(Cc2ccccc2F)C(Cc2ccccc2)C(=O)NC(C)(C)C)S(=O)(=O)c2ccc(C)cc2)cc1Cl. The highest BCUT2D eigenvalue weighted by molar-refractivity contribution is 7.92. The maximum Gasteiger partial charge on any atom is 0.264 e. The molecule has 0 aliphatic heterocycles. The van der Waals surface area contributed by atoms with Gasteiger partial charge < -0.3 is 15.0 Å². The van der Waals surface area contributed by atoms with Gasteiger partial charge in [0.15, 0.2) is 0 Å². The molecule has 0 saturated heterocycles. The lowest BCUT2D eigenvalue weighted by Gasteiger charge is -2.35. The third kappa shape index (κ3) is 9.11. The van der Waals surface area contributed by atoms with E-state index in [1.807, 2.05) is 58.0 Å². The van der Waals surface area contributed by atoms with Gasteiger partial charge >= 0.3 is 0 Å². The summed E-state index contributed by atoms with van der Waals surface area (Å²) in [5.74, 6) is -1.43. The number of carbonyl (C=O) groups is 2. The van der Waals surface area contributed by atoms with Crippen LogP contribution in [0.2, 0.25) is 5.02 Å². The molecule has 0 saturated carbocycles. The number of methoxy groups -OCH3 is 1. The minimum absolute atomic E-state index is 0.0465. The third-order valence-electron chi connectivity index (χ3n) is 7.38. The molecule has 0 aliphatic carbocycles. The fourth-order valence-electron chi connectivity index (χ4n) is 4.99. The van der Waals surface area contributed by atoms with Crippen LogP contribution in [0.15, 0.2) is 102 Å². The topological polar surface area (TPSA) is 96.0 Å². The van der Waals surface area contributed by atoms with Crippen molar-refractivity contribution in [3.8, 4) is 5.75 Å². The van der Waals surface area contributed by atoms with E-state index in [4.69, 9.17) is 16.3 Å². The molecule has 0 fully saturated rings. The Hall–Kier alpha value is -4.41. The Morgan fingerprint density at radius 1 is 0.936 bits per heavy atom. The fourth-order valence-corrected chi connectivity index (χ4v) is 6.65. The van der Waals surface area contributed by atoms with Crippen LogP contribution in [-0.2, 0) is 32.6 Å². The van der Waals surface area contributed by atoms with Crippen LogP contribution in [0.1, 0.15) is 37.5 Å². The van der Waals surface area contributed by atoms with E-state index in [-0.39, 0.29) is 34.1 Å². The van der Waals surface area contributed by atoms with Gasteiger partial charge in [-0.2, -0.15) is 0 Å². The van der Waals surface area contributed by atoms with Gasteiger partial charge in [0.1, 0.15) is 24.2 Å². The Balaban J connectivity index is 1.85. The molecule has 2 amide bonds. The molecule has 4 rings (SSSR count). The number of anilines is 1. The van der Waals surface area contributed by atoms with E-state index >= 15 is 4.39 Å². The summed E-state index contributed by atoms with van der Waals surface area (Å²) in [4.78, 5) is 29.7. The van der Waals surface area contributed by atoms with Crippen molar-refractivity contribution in [2.45, 2.75) is 57.1 Å². The van der Waals surface area contributed by atoms with Gasteiger partial charge in [0.05, 0.1) is 22.7 Å². The molecular formula is C36H39ClFN3O5S. The van der Waals surface area contributed by atoms with Crippen LogP contribution >= 0.6 is 11.6 Å². The highest BCUT2D eigenvalue weighted by atomic mass is 35.5. The Bertz CT molecular complexity index is 1810. The second-order valence-corrected chi connectivity index (χ2v) is 14.5. The van der Waals surface area contributed by atoms with Crippen LogP contribution in [0.4, 0.5) is 10.1 Å². The third-order valence-corrected chi connectivity index (χ3v) is 9.46. The number of halogens is 2. The molecule has 11 heteroatoms. The van der Waals surface area contributed by atoms with Gasteiger partial charge in [0.2, 0.25) is 11.8 Å². The van der Waals surface area contributed by atoms with E-state index in [2.05, 4.69) is 5.32 Å². The molecule has 0 heterocycles. The van der Waals surface area contributed by atoms with Crippen LogP contribution in [-0.4, -0.2) is 50.4 Å². The summed E-state index contributed by atoms with van der Waals surface area (Å²) in [6.45, 7) is 6.28. The lowest BCUT2D eigenvalue weighted by atomic mass is 10.0. The molecule has 4 aromatic carbocycles. The van der Waals surface area contributed by atoms with Crippen molar-refractivity contribution in [1.29, 1.82) is 0 Å². The molecular weight excluding hydrogens is 641 g/mol. The molecule has 1 atom stereocenters. The van der Waals surface area contributed by atoms with Gasteiger partial charge in [0.25, 0.3) is 10.0 Å². The van der Waals surface area contributed by atoms with E-state index in [0.717, 1.165) is 15.4 Å². The summed E-state index contributed by atoms with van der Waals surface area (Å²) in [5, 5.41) is 3.09. The van der Waals surface area contributed by atoms with Crippen molar-refractivity contribution in [3.05, 3.63) is 125 Å². The molecule has 8 nitrogen and oxygen atoms in total. The first-order valence-corrected chi connectivity index (χ1v) is 16.8. The van der Waals surface area contributed by atoms with Crippen LogP contribution in [0.25, 0.3) is 0 Å². The molecule has 248 valence electrons. The van der Waals surface area contributed by atoms with Gasteiger partial charge in [-0.25, -0.2) is 12.8 Å². The Morgan fingerprint density at radius 3 is 2.17 bits per heavy atom. The van der Waals surface area contributed by atoms with Crippen molar-refractivity contribution >= 4 is 39.1 Å². The Kier molecular flexibility index (Phi) is 11.3. The first-order chi connectivity index (χ1) is 22.2. The van der Waals surface area contributed by atoms with Gasteiger partial charge in [-0.15, -0.1) is 0 Å². The Morgan fingerprint density at radius 2 is 1.57 bits per heavy atom. The molecule has 1 unspecified atom stereocenters. The number of ether oxygens (including phenoxy) is 1. The van der Waals surface area contributed by atoms with Gasteiger partial charge in [-0.1, -0.05) is 77.8 Å². The van der Waals surface area contributed by atoms with Crippen molar-refractivity contribution in [1.82, 2.24) is 10.2 Å². The zero-order valence-corrected chi connectivity index (χ0v) is 28.6. The average Bonchev–Trinajstić information content (AvgIpc) is 3.02.